The molecule has 4 heteroatoms. The minimum atomic E-state index is -0.390. The van der Waals surface area contributed by atoms with Crippen LogP contribution in [0.1, 0.15) is 6.92 Å². The van der Waals surface area contributed by atoms with Crippen molar-refractivity contribution in [2.75, 3.05) is 26.3 Å². The van der Waals surface area contributed by atoms with Crippen molar-refractivity contribution in [3.8, 4) is 0 Å². The first kappa shape index (κ1) is 9.06. The number of hydrogen-bond donors (Lipinski definition) is 1. The van der Waals surface area contributed by atoms with Crippen LogP contribution in [0.3, 0.4) is 0 Å². The molecule has 1 amide bonds. The van der Waals surface area contributed by atoms with Gasteiger partial charge in [-0.05, 0) is 6.92 Å². The third-order valence-corrected chi connectivity index (χ3v) is 1.86. The summed E-state index contributed by atoms with van der Waals surface area (Å²) in [4.78, 5) is 12.6. The quantitative estimate of drug-likeness (QED) is 0.579. The lowest BCUT2D eigenvalue weighted by Crippen LogP contribution is -2.35. The molecule has 1 aliphatic heterocycles. The van der Waals surface area contributed by atoms with Crippen LogP contribution in [0.2, 0.25) is 0 Å². The van der Waals surface area contributed by atoms with E-state index < -0.39 is 0 Å². The third-order valence-electron chi connectivity index (χ3n) is 1.86. The first-order valence-electron chi connectivity index (χ1n) is 4.00. The normalized spacial score (nSPS) is 19.4. The molecule has 0 aromatic rings. The van der Waals surface area contributed by atoms with Crippen LogP contribution in [-0.2, 0) is 9.53 Å². The maximum Gasteiger partial charge on any atom is 0.243 e. The number of rotatable bonds is 2. The van der Waals surface area contributed by atoms with Crippen LogP contribution in [-0.4, -0.2) is 37.1 Å². The highest BCUT2D eigenvalue weighted by Gasteiger charge is 2.10. The van der Waals surface area contributed by atoms with E-state index in [-0.39, 0.29) is 5.91 Å². The number of carbonyl (C=O) groups excluding carboxylic acids is 1. The van der Waals surface area contributed by atoms with Crippen LogP contribution in [0.25, 0.3) is 0 Å². The summed E-state index contributed by atoms with van der Waals surface area (Å²) in [6, 6.07) is 0. The van der Waals surface area contributed by atoms with E-state index in [9.17, 15) is 4.79 Å². The minimum absolute atomic E-state index is 0.390. The molecule has 1 rings (SSSR count). The Labute approximate surface area is 72.0 Å². The molecule has 1 heterocycles. The SMILES string of the molecule is C/C(=C/C(N)=O)N1CCOCC1. The monoisotopic (exact) mass is 170 g/mol. The van der Waals surface area contributed by atoms with Gasteiger partial charge in [0.15, 0.2) is 0 Å². The summed E-state index contributed by atoms with van der Waals surface area (Å²) in [5.41, 5.74) is 5.95. The molecule has 0 radical (unpaired) electrons. The van der Waals surface area contributed by atoms with Gasteiger partial charge < -0.3 is 15.4 Å². The van der Waals surface area contributed by atoms with E-state index >= 15 is 0 Å². The minimum Gasteiger partial charge on any atom is -0.378 e. The maximum absolute atomic E-state index is 10.5. The number of allylic oxidation sites excluding steroid dienone is 1. The van der Waals surface area contributed by atoms with Gasteiger partial charge >= 0.3 is 0 Å². The van der Waals surface area contributed by atoms with Crippen LogP contribution in [0.4, 0.5) is 0 Å². The molecule has 68 valence electrons. The summed E-state index contributed by atoms with van der Waals surface area (Å²) in [5.74, 6) is -0.390. The Morgan fingerprint density at radius 3 is 2.58 bits per heavy atom. The van der Waals surface area contributed by atoms with E-state index in [2.05, 4.69) is 4.90 Å². The van der Waals surface area contributed by atoms with Crippen molar-refractivity contribution >= 4 is 5.91 Å². The van der Waals surface area contributed by atoms with E-state index in [1.165, 1.54) is 6.08 Å². The zero-order chi connectivity index (χ0) is 8.97. The first-order chi connectivity index (χ1) is 5.70. The summed E-state index contributed by atoms with van der Waals surface area (Å²) in [6.45, 7) is 5.02. The van der Waals surface area contributed by atoms with Crippen LogP contribution < -0.4 is 5.73 Å². The molecule has 0 unspecified atom stereocenters. The molecule has 0 spiro atoms. The molecule has 4 nitrogen and oxygen atoms in total. The van der Waals surface area contributed by atoms with Crippen LogP contribution in [0.5, 0.6) is 0 Å². The van der Waals surface area contributed by atoms with E-state index in [0.717, 1.165) is 32.0 Å². The second-order valence-corrected chi connectivity index (χ2v) is 2.79. The van der Waals surface area contributed by atoms with E-state index in [1.54, 1.807) is 0 Å². The van der Waals surface area contributed by atoms with Crippen molar-refractivity contribution in [2.24, 2.45) is 5.73 Å². The first-order valence-corrected chi connectivity index (χ1v) is 4.00. The van der Waals surface area contributed by atoms with Gasteiger partial charge in [-0.25, -0.2) is 0 Å². The van der Waals surface area contributed by atoms with Gasteiger partial charge in [0.25, 0.3) is 0 Å². The third kappa shape index (κ3) is 2.54. The average molecular weight is 170 g/mol. The molecule has 1 saturated heterocycles. The summed E-state index contributed by atoms with van der Waals surface area (Å²) in [5, 5.41) is 0. The highest BCUT2D eigenvalue weighted by atomic mass is 16.5. The molecule has 0 atom stereocenters. The lowest BCUT2D eigenvalue weighted by atomic mass is 10.3. The Balaban J connectivity index is 2.49. The fourth-order valence-electron chi connectivity index (χ4n) is 1.21. The molecular formula is C8H14N2O2. The van der Waals surface area contributed by atoms with E-state index in [1.807, 2.05) is 6.92 Å². The van der Waals surface area contributed by atoms with Gasteiger partial charge in [0, 0.05) is 24.9 Å². The number of nitrogens with zero attached hydrogens (tertiary/aromatic N) is 1. The summed E-state index contributed by atoms with van der Waals surface area (Å²) in [6.07, 6.45) is 1.45. The lowest BCUT2D eigenvalue weighted by Gasteiger charge is -2.29. The topological polar surface area (TPSA) is 55.6 Å². The number of carbonyl (C=O) groups is 1. The van der Waals surface area contributed by atoms with Gasteiger partial charge in [-0.1, -0.05) is 0 Å². The largest absolute Gasteiger partial charge is 0.378 e. The molecule has 0 bridgehead atoms. The van der Waals surface area contributed by atoms with Crippen molar-refractivity contribution in [3.05, 3.63) is 11.8 Å². The molecule has 0 aliphatic carbocycles. The van der Waals surface area contributed by atoms with Gasteiger partial charge in [-0.15, -0.1) is 0 Å². The van der Waals surface area contributed by atoms with Crippen molar-refractivity contribution in [1.82, 2.24) is 4.90 Å². The summed E-state index contributed by atoms with van der Waals surface area (Å²) < 4.78 is 5.17. The Morgan fingerprint density at radius 1 is 1.50 bits per heavy atom. The predicted octanol–water partition coefficient (Wildman–Crippen LogP) is -0.292. The second kappa shape index (κ2) is 4.11. The number of hydrogen-bond acceptors (Lipinski definition) is 3. The Morgan fingerprint density at radius 2 is 2.08 bits per heavy atom. The molecular weight excluding hydrogens is 156 g/mol. The van der Waals surface area contributed by atoms with Gasteiger partial charge in [0.2, 0.25) is 5.91 Å². The number of ether oxygens (including phenoxy) is 1. The Bertz CT molecular complexity index is 195. The zero-order valence-corrected chi connectivity index (χ0v) is 7.25. The Kier molecular flexibility index (Phi) is 3.10. The van der Waals surface area contributed by atoms with Crippen molar-refractivity contribution in [2.45, 2.75) is 6.92 Å². The highest BCUT2D eigenvalue weighted by molar-refractivity contribution is 5.86. The zero-order valence-electron chi connectivity index (χ0n) is 7.25. The fraction of sp³-hybridized carbons (Fsp3) is 0.625. The average Bonchev–Trinajstić information content (AvgIpc) is 2.05. The van der Waals surface area contributed by atoms with Crippen molar-refractivity contribution in [1.29, 1.82) is 0 Å². The molecule has 0 aromatic carbocycles. The molecule has 12 heavy (non-hydrogen) atoms. The number of morpholine rings is 1. The summed E-state index contributed by atoms with van der Waals surface area (Å²) >= 11 is 0. The number of amides is 1. The highest BCUT2D eigenvalue weighted by Crippen LogP contribution is 2.05. The second-order valence-electron chi connectivity index (χ2n) is 2.79. The van der Waals surface area contributed by atoms with Gasteiger partial charge in [0.1, 0.15) is 0 Å². The molecule has 1 fully saturated rings. The number of primary amides is 1. The van der Waals surface area contributed by atoms with Crippen molar-refractivity contribution in [3.63, 3.8) is 0 Å². The van der Waals surface area contributed by atoms with Gasteiger partial charge in [0.05, 0.1) is 13.2 Å². The van der Waals surface area contributed by atoms with Crippen LogP contribution >= 0.6 is 0 Å². The van der Waals surface area contributed by atoms with E-state index in [0.29, 0.717) is 0 Å². The van der Waals surface area contributed by atoms with Gasteiger partial charge in [-0.3, -0.25) is 4.79 Å². The smallest absolute Gasteiger partial charge is 0.243 e. The van der Waals surface area contributed by atoms with Gasteiger partial charge in [-0.2, -0.15) is 0 Å². The maximum atomic E-state index is 10.5. The standard InChI is InChI=1S/C8H14N2O2/c1-7(6-8(9)11)10-2-4-12-5-3-10/h6H,2-5H2,1H3,(H2,9,11)/b7-6-. The predicted molar refractivity (Wildman–Crippen MR) is 45.3 cm³/mol. The molecule has 1 aliphatic rings. The van der Waals surface area contributed by atoms with Crippen LogP contribution in [0, 0.1) is 0 Å². The Hall–Kier alpha value is -1.03. The fourth-order valence-corrected chi connectivity index (χ4v) is 1.21. The molecule has 0 saturated carbocycles. The molecule has 0 aromatic heterocycles. The van der Waals surface area contributed by atoms with E-state index in [4.69, 9.17) is 10.5 Å². The van der Waals surface area contributed by atoms with Crippen molar-refractivity contribution < 1.29 is 9.53 Å². The summed E-state index contributed by atoms with van der Waals surface area (Å²) in [7, 11) is 0. The lowest BCUT2D eigenvalue weighted by molar-refractivity contribution is -0.113. The van der Waals surface area contributed by atoms with Crippen LogP contribution in [0.15, 0.2) is 11.8 Å². The number of nitrogens with two attached hydrogens (primary N) is 1. The molecule has 2 N–H and O–H groups in total.